The average molecular weight is 349 g/mol. The third-order valence-electron chi connectivity index (χ3n) is 3.00. The molecule has 2 aromatic rings. The van der Waals surface area contributed by atoms with Crippen molar-refractivity contribution in [2.24, 2.45) is 0 Å². The van der Waals surface area contributed by atoms with Crippen molar-refractivity contribution in [2.75, 3.05) is 24.0 Å². The summed E-state index contributed by atoms with van der Waals surface area (Å²) in [4.78, 5) is 11.4. The first kappa shape index (κ1) is 17.0. The fourth-order valence-electron chi connectivity index (χ4n) is 1.92. The molecule has 0 bridgehead atoms. The highest BCUT2D eigenvalue weighted by Crippen LogP contribution is 2.30. The van der Waals surface area contributed by atoms with Crippen LogP contribution in [0.15, 0.2) is 47.4 Å². The first-order valence-corrected chi connectivity index (χ1v) is 8.22. The van der Waals surface area contributed by atoms with Crippen molar-refractivity contribution >= 4 is 46.2 Å². The Kier molecular flexibility index (Phi) is 5.78. The van der Waals surface area contributed by atoms with E-state index in [9.17, 15) is 10.1 Å². The number of thiocarbonyl (C=S) groups is 1. The lowest BCUT2D eigenvalue weighted by atomic mass is 10.2. The third-order valence-corrected chi connectivity index (χ3v) is 4.00. The van der Waals surface area contributed by atoms with Crippen LogP contribution in [0.1, 0.15) is 0 Å². The Bertz CT molecular complexity index is 738. The van der Waals surface area contributed by atoms with Gasteiger partial charge in [-0.15, -0.1) is 11.8 Å². The number of nitro groups is 1. The lowest BCUT2D eigenvalue weighted by molar-refractivity contribution is -0.384. The van der Waals surface area contributed by atoms with E-state index in [2.05, 4.69) is 10.6 Å². The van der Waals surface area contributed by atoms with Crippen molar-refractivity contribution < 1.29 is 9.66 Å². The molecule has 0 radical (unpaired) electrons. The first-order valence-electron chi connectivity index (χ1n) is 6.58. The molecule has 0 amide bonds. The van der Waals surface area contributed by atoms with Crippen LogP contribution in [-0.2, 0) is 0 Å². The maximum atomic E-state index is 10.8. The van der Waals surface area contributed by atoms with Gasteiger partial charge in [-0.3, -0.25) is 10.1 Å². The summed E-state index contributed by atoms with van der Waals surface area (Å²) in [5.74, 6) is 0.349. The van der Waals surface area contributed by atoms with Gasteiger partial charge in [-0.25, -0.2) is 0 Å². The molecule has 0 aliphatic rings. The quantitative estimate of drug-likeness (QED) is 0.364. The van der Waals surface area contributed by atoms with Gasteiger partial charge in [0.25, 0.3) is 5.69 Å². The number of hydrogen-bond acceptors (Lipinski definition) is 5. The van der Waals surface area contributed by atoms with Crippen LogP contribution in [-0.4, -0.2) is 23.4 Å². The molecule has 0 aromatic heterocycles. The number of nitro benzene ring substituents is 1. The van der Waals surface area contributed by atoms with Gasteiger partial charge < -0.3 is 15.4 Å². The summed E-state index contributed by atoms with van der Waals surface area (Å²) in [6, 6.07) is 12.1. The number of nitrogens with one attached hydrogen (secondary N) is 2. The van der Waals surface area contributed by atoms with Crippen molar-refractivity contribution in [1.82, 2.24) is 0 Å². The lowest BCUT2D eigenvalue weighted by Crippen LogP contribution is -2.19. The smallest absolute Gasteiger partial charge is 0.273 e. The summed E-state index contributed by atoms with van der Waals surface area (Å²) in [5, 5.41) is 17.3. The Morgan fingerprint density at radius 1 is 1.22 bits per heavy atom. The van der Waals surface area contributed by atoms with E-state index >= 15 is 0 Å². The van der Waals surface area contributed by atoms with Crippen molar-refractivity contribution in [3.8, 4) is 5.75 Å². The predicted octanol–water partition coefficient (Wildman–Crippen LogP) is 4.13. The summed E-state index contributed by atoms with van der Waals surface area (Å²) in [5.41, 5.74) is 1.40. The number of non-ortho nitro benzene ring substituents is 1. The average Bonchev–Trinajstić information content (AvgIpc) is 2.55. The molecule has 6 nitrogen and oxygen atoms in total. The highest BCUT2D eigenvalue weighted by molar-refractivity contribution is 7.98. The van der Waals surface area contributed by atoms with E-state index in [0.717, 1.165) is 10.6 Å². The second-order valence-electron chi connectivity index (χ2n) is 4.42. The molecule has 0 aliphatic carbocycles. The molecule has 2 N–H and O–H groups in total. The summed E-state index contributed by atoms with van der Waals surface area (Å²) in [6.45, 7) is 0. The van der Waals surface area contributed by atoms with E-state index in [-0.39, 0.29) is 5.69 Å². The Hall–Kier alpha value is -2.32. The molecular weight excluding hydrogens is 334 g/mol. The molecule has 0 saturated heterocycles. The number of benzene rings is 2. The number of thioether (sulfide) groups is 1. The number of hydrogen-bond donors (Lipinski definition) is 2. The van der Waals surface area contributed by atoms with Gasteiger partial charge in [0.1, 0.15) is 5.75 Å². The highest BCUT2D eigenvalue weighted by atomic mass is 32.2. The summed E-state index contributed by atoms with van der Waals surface area (Å²) in [6.07, 6.45) is 1.98. The Labute approximate surface area is 143 Å². The largest absolute Gasteiger partial charge is 0.494 e. The summed E-state index contributed by atoms with van der Waals surface area (Å²) >= 11 is 6.90. The Morgan fingerprint density at radius 2 is 1.91 bits per heavy atom. The molecule has 2 rings (SSSR count). The predicted molar refractivity (Wildman–Crippen MR) is 97.7 cm³/mol. The highest BCUT2D eigenvalue weighted by Gasteiger charge is 2.12. The van der Waals surface area contributed by atoms with E-state index in [1.165, 1.54) is 19.2 Å². The van der Waals surface area contributed by atoms with E-state index in [1.54, 1.807) is 17.8 Å². The maximum Gasteiger partial charge on any atom is 0.273 e. The molecule has 0 fully saturated rings. The molecule has 0 saturated carbocycles. The van der Waals surface area contributed by atoms with Gasteiger partial charge >= 0.3 is 0 Å². The number of methoxy groups -OCH3 is 1. The fraction of sp³-hybridized carbons (Fsp3) is 0.133. The van der Waals surface area contributed by atoms with E-state index in [0.29, 0.717) is 16.5 Å². The van der Waals surface area contributed by atoms with Crippen LogP contribution in [0, 0.1) is 10.1 Å². The van der Waals surface area contributed by atoms with Gasteiger partial charge in [0, 0.05) is 11.0 Å². The van der Waals surface area contributed by atoms with Crippen LogP contribution >= 0.6 is 24.0 Å². The molecule has 2 aromatic carbocycles. The second kappa shape index (κ2) is 7.80. The zero-order chi connectivity index (χ0) is 16.8. The zero-order valence-corrected chi connectivity index (χ0v) is 14.2. The minimum atomic E-state index is -0.475. The molecule has 0 heterocycles. The normalized spacial score (nSPS) is 10.0. The molecule has 120 valence electrons. The second-order valence-corrected chi connectivity index (χ2v) is 5.68. The number of ether oxygens (including phenoxy) is 1. The molecule has 8 heteroatoms. The molecule has 0 unspecified atom stereocenters. The van der Waals surface area contributed by atoms with Crippen LogP contribution in [0.25, 0.3) is 0 Å². The van der Waals surface area contributed by atoms with Crippen LogP contribution in [0.2, 0.25) is 0 Å². The summed E-state index contributed by atoms with van der Waals surface area (Å²) in [7, 11) is 1.45. The van der Waals surface area contributed by atoms with Crippen LogP contribution in [0.5, 0.6) is 5.75 Å². The zero-order valence-electron chi connectivity index (χ0n) is 12.5. The van der Waals surface area contributed by atoms with Crippen LogP contribution in [0.3, 0.4) is 0 Å². The van der Waals surface area contributed by atoms with Gasteiger partial charge in [-0.2, -0.15) is 0 Å². The van der Waals surface area contributed by atoms with Gasteiger partial charge in [0.2, 0.25) is 0 Å². The van der Waals surface area contributed by atoms with Crippen molar-refractivity contribution in [1.29, 1.82) is 0 Å². The first-order chi connectivity index (χ1) is 11.0. The number of rotatable bonds is 5. The van der Waals surface area contributed by atoms with Gasteiger partial charge in [-0.1, -0.05) is 12.1 Å². The number of para-hydroxylation sites is 1. The SMILES string of the molecule is COc1cc([N+](=O)[O-])ccc1NC(=S)Nc1ccccc1SC. The van der Waals surface area contributed by atoms with Gasteiger partial charge in [-0.05, 0) is 36.7 Å². The molecule has 0 aliphatic heterocycles. The summed E-state index contributed by atoms with van der Waals surface area (Å²) < 4.78 is 5.17. The van der Waals surface area contributed by atoms with Crippen molar-refractivity contribution in [3.05, 3.63) is 52.6 Å². The number of nitrogens with zero attached hydrogens (tertiary/aromatic N) is 1. The van der Waals surface area contributed by atoms with E-state index in [1.807, 2.05) is 30.5 Å². The molecule has 0 atom stereocenters. The third kappa shape index (κ3) is 4.33. The van der Waals surface area contributed by atoms with Gasteiger partial charge in [0.15, 0.2) is 5.11 Å². The minimum Gasteiger partial charge on any atom is -0.494 e. The molecular formula is C15H15N3O3S2. The van der Waals surface area contributed by atoms with Gasteiger partial charge in [0.05, 0.1) is 29.5 Å². The maximum absolute atomic E-state index is 10.8. The van der Waals surface area contributed by atoms with Crippen molar-refractivity contribution in [3.63, 3.8) is 0 Å². The van der Waals surface area contributed by atoms with E-state index < -0.39 is 4.92 Å². The fourth-order valence-corrected chi connectivity index (χ4v) is 2.69. The van der Waals surface area contributed by atoms with E-state index in [4.69, 9.17) is 17.0 Å². The standard InChI is InChI=1S/C15H15N3O3S2/c1-21-13-9-10(18(19)20)7-8-11(13)16-15(22)17-12-5-3-4-6-14(12)23-2/h3-9H,1-2H3,(H2,16,17,22). The molecule has 23 heavy (non-hydrogen) atoms. The lowest BCUT2D eigenvalue weighted by Gasteiger charge is -2.14. The minimum absolute atomic E-state index is 0.0426. The number of anilines is 2. The Morgan fingerprint density at radius 3 is 2.57 bits per heavy atom. The Balaban J connectivity index is 2.15. The van der Waals surface area contributed by atoms with Crippen LogP contribution < -0.4 is 15.4 Å². The topological polar surface area (TPSA) is 76.4 Å². The van der Waals surface area contributed by atoms with Crippen LogP contribution in [0.4, 0.5) is 17.1 Å². The molecule has 0 spiro atoms. The monoisotopic (exact) mass is 349 g/mol. The van der Waals surface area contributed by atoms with Crippen molar-refractivity contribution in [2.45, 2.75) is 4.90 Å².